The number of hydrogen-bond acceptors (Lipinski definition) is 3. The van der Waals surface area contributed by atoms with Gasteiger partial charge in [0.15, 0.2) is 0 Å². The quantitative estimate of drug-likeness (QED) is 0.750. The van der Waals surface area contributed by atoms with Gasteiger partial charge in [-0.25, -0.2) is 0 Å². The van der Waals surface area contributed by atoms with E-state index < -0.39 is 5.54 Å². The van der Waals surface area contributed by atoms with Crippen LogP contribution < -0.4 is 5.73 Å². The molecule has 2 atom stereocenters. The van der Waals surface area contributed by atoms with Crippen molar-refractivity contribution in [2.45, 2.75) is 69.9 Å². The number of nitrogens with two attached hydrogens (primary N) is 1. The van der Waals surface area contributed by atoms with Crippen molar-refractivity contribution in [3.63, 3.8) is 0 Å². The minimum atomic E-state index is -0.643. The van der Waals surface area contributed by atoms with Crippen molar-refractivity contribution in [1.82, 2.24) is 0 Å². The summed E-state index contributed by atoms with van der Waals surface area (Å²) in [5.74, 6) is 0.408. The van der Waals surface area contributed by atoms with Crippen molar-refractivity contribution in [2.75, 3.05) is 0 Å². The summed E-state index contributed by atoms with van der Waals surface area (Å²) >= 11 is 0. The molecule has 0 radical (unpaired) electrons. The fourth-order valence-corrected chi connectivity index (χ4v) is 2.81. The molecule has 0 saturated heterocycles. The molecule has 2 rings (SSSR count). The minimum absolute atomic E-state index is 0.132. The van der Waals surface area contributed by atoms with Crippen LogP contribution in [0, 0.1) is 5.92 Å². The van der Waals surface area contributed by atoms with Crippen LogP contribution in [-0.2, 0) is 9.53 Å². The Kier molecular flexibility index (Phi) is 3.53. The first-order valence-corrected chi connectivity index (χ1v) is 6.65. The molecular weight excluding hydrogens is 202 g/mol. The molecule has 0 aromatic heterocycles. The maximum absolute atomic E-state index is 11.9. The van der Waals surface area contributed by atoms with Gasteiger partial charge in [-0.15, -0.1) is 0 Å². The standard InChI is InChI=1S/C13H23NO2/c1-2-10-6-3-4-7-11(10)16-12(15)13(14)8-5-9-13/h10-11H,2-9,14H2,1H3. The third kappa shape index (κ3) is 2.24. The highest BCUT2D eigenvalue weighted by molar-refractivity contribution is 5.81. The highest BCUT2D eigenvalue weighted by Crippen LogP contribution is 2.34. The van der Waals surface area contributed by atoms with E-state index in [0.717, 1.165) is 32.1 Å². The maximum Gasteiger partial charge on any atom is 0.326 e. The van der Waals surface area contributed by atoms with Gasteiger partial charge in [0.05, 0.1) is 0 Å². The van der Waals surface area contributed by atoms with E-state index in [2.05, 4.69) is 6.92 Å². The third-order valence-electron chi connectivity index (χ3n) is 4.27. The van der Waals surface area contributed by atoms with Crippen LogP contribution in [0.25, 0.3) is 0 Å². The van der Waals surface area contributed by atoms with Gasteiger partial charge in [-0.2, -0.15) is 0 Å². The lowest BCUT2D eigenvalue weighted by molar-refractivity contribution is -0.163. The Labute approximate surface area is 97.7 Å². The molecule has 0 heterocycles. The average Bonchev–Trinajstić information content (AvgIpc) is 2.26. The van der Waals surface area contributed by atoms with E-state index >= 15 is 0 Å². The summed E-state index contributed by atoms with van der Waals surface area (Å²) in [7, 11) is 0. The first kappa shape index (κ1) is 11.9. The van der Waals surface area contributed by atoms with Gasteiger partial charge >= 0.3 is 5.97 Å². The van der Waals surface area contributed by atoms with Crippen LogP contribution in [0.15, 0.2) is 0 Å². The summed E-state index contributed by atoms with van der Waals surface area (Å²) in [4.78, 5) is 11.9. The lowest BCUT2D eigenvalue weighted by atomic mass is 9.77. The minimum Gasteiger partial charge on any atom is -0.461 e. The van der Waals surface area contributed by atoms with Gasteiger partial charge in [-0.3, -0.25) is 4.79 Å². The van der Waals surface area contributed by atoms with Crippen molar-refractivity contribution < 1.29 is 9.53 Å². The SMILES string of the molecule is CCC1CCCCC1OC(=O)C1(N)CCC1. The Morgan fingerprint density at radius 1 is 1.31 bits per heavy atom. The lowest BCUT2D eigenvalue weighted by Gasteiger charge is -2.38. The van der Waals surface area contributed by atoms with Gasteiger partial charge in [-0.05, 0) is 50.9 Å². The molecular formula is C13H23NO2. The van der Waals surface area contributed by atoms with Gasteiger partial charge in [0.1, 0.15) is 11.6 Å². The van der Waals surface area contributed by atoms with Gasteiger partial charge < -0.3 is 10.5 Å². The molecule has 0 spiro atoms. The fourth-order valence-electron chi connectivity index (χ4n) is 2.81. The number of esters is 1. The molecule has 2 fully saturated rings. The molecule has 2 aliphatic carbocycles. The third-order valence-corrected chi connectivity index (χ3v) is 4.27. The van der Waals surface area contributed by atoms with E-state index in [-0.39, 0.29) is 12.1 Å². The van der Waals surface area contributed by atoms with E-state index in [9.17, 15) is 4.79 Å². The summed E-state index contributed by atoms with van der Waals surface area (Å²) in [6, 6.07) is 0. The molecule has 3 heteroatoms. The van der Waals surface area contributed by atoms with Crippen LogP contribution in [0.4, 0.5) is 0 Å². The molecule has 0 aromatic rings. The molecule has 0 amide bonds. The van der Waals surface area contributed by atoms with Gasteiger partial charge in [0.25, 0.3) is 0 Å². The first-order valence-electron chi connectivity index (χ1n) is 6.65. The topological polar surface area (TPSA) is 52.3 Å². The van der Waals surface area contributed by atoms with E-state index in [1.165, 1.54) is 19.3 Å². The molecule has 92 valence electrons. The van der Waals surface area contributed by atoms with Gasteiger partial charge in [0.2, 0.25) is 0 Å². The van der Waals surface area contributed by atoms with Gasteiger partial charge in [0, 0.05) is 0 Å². The van der Waals surface area contributed by atoms with Crippen molar-refractivity contribution in [3.05, 3.63) is 0 Å². The Balaban J connectivity index is 1.89. The molecule has 16 heavy (non-hydrogen) atoms. The largest absolute Gasteiger partial charge is 0.461 e. The zero-order chi connectivity index (χ0) is 11.6. The second kappa shape index (κ2) is 4.74. The highest BCUT2D eigenvalue weighted by Gasteiger charge is 2.43. The zero-order valence-corrected chi connectivity index (χ0v) is 10.2. The fraction of sp³-hybridized carbons (Fsp3) is 0.923. The first-order chi connectivity index (χ1) is 7.65. The smallest absolute Gasteiger partial charge is 0.326 e. The number of carbonyl (C=O) groups is 1. The molecule has 0 aliphatic heterocycles. The highest BCUT2D eigenvalue weighted by atomic mass is 16.5. The molecule has 2 aliphatic rings. The summed E-state index contributed by atoms with van der Waals surface area (Å²) < 4.78 is 5.64. The molecule has 2 saturated carbocycles. The van der Waals surface area contributed by atoms with Crippen LogP contribution in [-0.4, -0.2) is 17.6 Å². The van der Waals surface area contributed by atoms with E-state index in [0.29, 0.717) is 5.92 Å². The Morgan fingerprint density at radius 2 is 2.00 bits per heavy atom. The van der Waals surface area contributed by atoms with Crippen molar-refractivity contribution in [1.29, 1.82) is 0 Å². The van der Waals surface area contributed by atoms with Crippen LogP contribution >= 0.6 is 0 Å². The summed E-state index contributed by atoms with van der Waals surface area (Å²) in [6.07, 6.45) is 8.60. The zero-order valence-electron chi connectivity index (χ0n) is 10.2. The van der Waals surface area contributed by atoms with Gasteiger partial charge in [-0.1, -0.05) is 13.3 Å². The Hall–Kier alpha value is -0.570. The number of rotatable bonds is 3. The molecule has 3 nitrogen and oxygen atoms in total. The maximum atomic E-state index is 11.9. The lowest BCUT2D eigenvalue weighted by Crippen LogP contribution is -2.55. The second-order valence-electron chi connectivity index (χ2n) is 5.41. The van der Waals surface area contributed by atoms with Crippen molar-refractivity contribution in [2.24, 2.45) is 11.7 Å². The van der Waals surface area contributed by atoms with E-state index in [4.69, 9.17) is 10.5 Å². The molecule has 0 aromatic carbocycles. The Morgan fingerprint density at radius 3 is 2.56 bits per heavy atom. The van der Waals surface area contributed by atoms with E-state index in [1.807, 2.05) is 0 Å². The summed E-state index contributed by atoms with van der Waals surface area (Å²) in [6.45, 7) is 2.18. The number of ether oxygens (including phenoxy) is 1. The van der Waals surface area contributed by atoms with Crippen LogP contribution in [0.1, 0.15) is 58.3 Å². The predicted octanol–water partition coefficient (Wildman–Crippen LogP) is 2.38. The summed E-state index contributed by atoms with van der Waals surface area (Å²) in [5.41, 5.74) is 5.33. The van der Waals surface area contributed by atoms with Crippen LogP contribution in [0.2, 0.25) is 0 Å². The predicted molar refractivity (Wildman–Crippen MR) is 62.9 cm³/mol. The normalized spacial score (nSPS) is 32.9. The molecule has 0 bridgehead atoms. The molecule has 2 N–H and O–H groups in total. The van der Waals surface area contributed by atoms with Crippen LogP contribution in [0.5, 0.6) is 0 Å². The van der Waals surface area contributed by atoms with Crippen molar-refractivity contribution >= 4 is 5.97 Å². The number of hydrogen-bond donors (Lipinski definition) is 1. The average molecular weight is 225 g/mol. The van der Waals surface area contributed by atoms with Crippen LogP contribution in [0.3, 0.4) is 0 Å². The number of carbonyl (C=O) groups excluding carboxylic acids is 1. The van der Waals surface area contributed by atoms with Crippen molar-refractivity contribution in [3.8, 4) is 0 Å². The molecule has 2 unspecified atom stereocenters. The summed E-state index contributed by atoms with van der Waals surface area (Å²) in [5, 5.41) is 0. The second-order valence-corrected chi connectivity index (χ2v) is 5.41. The Bertz CT molecular complexity index is 261. The monoisotopic (exact) mass is 225 g/mol. The van der Waals surface area contributed by atoms with E-state index in [1.54, 1.807) is 0 Å².